The van der Waals surface area contributed by atoms with Gasteiger partial charge in [0.1, 0.15) is 0 Å². The number of halogens is 2. The first-order valence-corrected chi connectivity index (χ1v) is 9.71. The second-order valence-corrected chi connectivity index (χ2v) is 7.62. The molecule has 28 heavy (non-hydrogen) atoms. The van der Waals surface area contributed by atoms with Crippen LogP contribution in [-0.4, -0.2) is 39.8 Å². The monoisotopic (exact) mass is 421 g/mol. The number of carbonyl (C=O) groups is 2. The number of carbonyl (C=O) groups excluding carboxylic acids is 2. The molecule has 0 spiro atoms. The molecule has 0 bridgehead atoms. The van der Waals surface area contributed by atoms with E-state index in [2.05, 4.69) is 20.8 Å². The van der Waals surface area contributed by atoms with Gasteiger partial charge in [0, 0.05) is 30.0 Å². The van der Waals surface area contributed by atoms with Gasteiger partial charge in [-0.25, -0.2) is 9.97 Å². The molecule has 0 radical (unpaired) electrons. The highest BCUT2D eigenvalue weighted by atomic mass is 35.5. The Morgan fingerprint density at radius 1 is 1.11 bits per heavy atom. The number of hydrazine groups is 1. The zero-order valence-corrected chi connectivity index (χ0v) is 17.1. The molecule has 2 aromatic rings. The van der Waals surface area contributed by atoms with Crippen LogP contribution in [0, 0.1) is 19.8 Å². The minimum atomic E-state index is -0.320. The van der Waals surface area contributed by atoms with E-state index in [0.717, 1.165) is 17.8 Å². The Morgan fingerprint density at radius 3 is 2.50 bits per heavy atom. The molecule has 1 atom stereocenters. The molecule has 1 fully saturated rings. The molecule has 1 aliphatic rings. The van der Waals surface area contributed by atoms with E-state index in [4.69, 9.17) is 23.2 Å². The smallest absolute Gasteiger partial charge is 0.253 e. The van der Waals surface area contributed by atoms with Crippen molar-refractivity contribution in [3.05, 3.63) is 51.3 Å². The zero-order chi connectivity index (χ0) is 20.3. The Kier molecular flexibility index (Phi) is 6.36. The van der Waals surface area contributed by atoms with Gasteiger partial charge in [-0.1, -0.05) is 23.2 Å². The van der Waals surface area contributed by atoms with E-state index >= 15 is 0 Å². The average molecular weight is 422 g/mol. The molecule has 1 aromatic heterocycles. The van der Waals surface area contributed by atoms with E-state index in [-0.39, 0.29) is 17.7 Å². The molecule has 0 saturated carbocycles. The first-order valence-electron chi connectivity index (χ1n) is 8.96. The average Bonchev–Trinajstić information content (AvgIpc) is 2.67. The fourth-order valence-electron chi connectivity index (χ4n) is 3.19. The highest BCUT2D eigenvalue weighted by Gasteiger charge is 2.29. The molecule has 148 valence electrons. The minimum absolute atomic E-state index is 0.165. The number of likely N-dealkylation sites (tertiary alicyclic amines) is 1. The van der Waals surface area contributed by atoms with E-state index in [0.29, 0.717) is 41.1 Å². The quantitative estimate of drug-likeness (QED) is 0.738. The van der Waals surface area contributed by atoms with E-state index in [1.807, 2.05) is 19.9 Å². The van der Waals surface area contributed by atoms with Crippen LogP contribution in [0.2, 0.25) is 10.0 Å². The van der Waals surface area contributed by atoms with Crippen molar-refractivity contribution < 1.29 is 9.59 Å². The summed E-state index contributed by atoms with van der Waals surface area (Å²) in [7, 11) is 0. The van der Waals surface area contributed by atoms with Crippen molar-refractivity contribution in [1.29, 1.82) is 0 Å². The third-order valence-electron chi connectivity index (χ3n) is 4.53. The van der Waals surface area contributed by atoms with Gasteiger partial charge in [0.15, 0.2) is 0 Å². The summed E-state index contributed by atoms with van der Waals surface area (Å²) >= 11 is 11.9. The molecule has 3 rings (SSSR count). The molecule has 0 aliphatic carbocycles. The maximum atomic E-state index is 12.7. The first kappa shape index (κ1) is 20.4. The Balaban J connectivity index is 1.61. The van der Waals surface area contributed by atoms with Gasteiger partial charge < -0.3 is 4.90 Å². The van der Waals surface area contributed by atoms with Crippen LogP contribution in [0.4, 0.5) is 5.95 Å². The highest BCUT2D eigenvalue weighted by Crippen LogP contribution is 2.25. The number of nitrogens with zero attached hydrogens (tertiary/aromatic N) is 3. The highest BCUT2D eigenvalue weighted by molar-refractivity contribution is 6.42. The fraction of sp³-hybridized carbons (Fsp3) is 0.368. The number of hydrogen-bond donors (Lipinski definition) is 2. The van der Waals surface area contributed by atoms with Gasteiger partial charge in [-0.3, -0.25) is 20.4 Å². The lowest BCUT2D eigenvalue weighted by atomic mass is 9.96. The van der Waals surface area contributed by atoms with Gasteiger partial charge in [-0.05, 0) is 51.0 Å². The van der Waals surface area contributed by atoms with Crippen molar-refractivity contribution in [1.82, 2.24) is 20.3 Å². The minimum Gasteiger partial charge on any atom is -0.338 e. The van der Waals surface area contributed by atoms with Gasteiger partial charge >= 0.3 is 0 Å². The van der Waals surface area contributed by atoms with Gasteiger partial charge in [0.2, 0.25) is 11.9 Å². The fourth-order valence-corrected chi connectivity index (χ4v) is 3.49. The topological polar surface area (TPSA) is 87.2 Å². The predicted octanol–water partition coefficient (Wildman–Crippen LogP) is 3.40. The lowest BCUT2D eigenvalue weighted by Gasteiger charge is -2.32. The van der Waals surface area contributed by atoms with Crippen molar-refractivity contribution in [2.75, 3.05) is 18.5 Å². The number of nitrogens with one attached hydrogen (secondary N) is 2. The summed E-state index contributed by atoms with van der Waals surface area (Å²) < 4.78 is 0. The van der Waals surface area contributed by atoms with Crippen LogP contribution >= 0.6 is 23.2 Å². The number of benzene rings is 1. The maximum Gasteiger partial charge on any atom is 0.253 e. The van der Waals surface area contributed by atoms with E-state index in [1.165, 1.54) is 0 Å². The second-order valence-electron chi connectivity index (χ2n) is 6.81. The lowest BCUT2D eigenvalue weighted by Crippen LogP contribution is -2.46. The molecule has 2 amide bonds. The van der Waals surface area contributed by atoms with Crippen molar-refractivity contribution >= 4 is 41.0 Å². The van der Waals surface area contributed by atoms with Crippen LogP contribution < -0.4 is 10.9 Å². The summed E-state index contributed by atoms with van der Waals surface area (Å²) in [6.45, 7) is 4.64. The largest absolute Gasteiger partial charge is 0.338 e. The number of amides is 2. The van der Waals surface area contributed by atoms with Gasteiger partial charge in [-0.2, -0.15) is 0 Å². The van der Waals surface area contributed by atoms with Crippen LogP contribution in [0.1, 0.15) is 34.6 Å². The van der Waals surface area contributed by atoms with Crippen LogP contribution in [0.5, 0.6) is 0 Å². The van der Waals surface area contributed by atoms with Crippen LogP contribution in [0.15, 0.2) is 24.3 Å². The Morgan fingerprint density at radius 2 is 1.82 bits per heavy atom. The van der Waals surface area contributed by atoms with Crippen LogP contribution in [-0.2, 0) is 4.79 Å². The third-order valence-corrected chi connectivity index (χ3v) is 5.26. The van der Waals surface area contributed by atoms with Gasteiger partial charge in [0.05, 0.1) is 16.0 Å². The molecule has 2 N–H and O–H groups in total. The molecule has 1 unspecified atom stereocenters. The SMILES string of the molecule is Cc1cc(C)nc(NNC(=O)C2CCCN(C(=O)c3ccc(Cl)c(Cl)c3)C2)n1. The molecule has 1 saturated heterocycles. The summed E-state index contributed by atoms with van der Waals surface area (Å²) in [6, 6.07) is 6.63. The molecular formula is C19H21Cl2N5O2. The normalized spacial score (nSPS) is 16.6. The number of piperidine rings is 1. The molecular weight excluding hydrogens is 401 g/mol. The second kappa shape index (κ2) is 8.75. The molecule has 1 aliphatic heterocycles. The van der Waals surface area contributed by atoms with E-state index in [1.54, 1.807) is 23.1 Å². The number of anilines is 1. The Hall–Kier alpha value is -2.38. The van der Waals surface area contributed by atoms with Crippen molar-refractivity contribution in [3.8, 4) is 0 Å². The summed E-state index contributed by atoms with van der Waals surface area (Å²) in [5.41, 5.74) is 7.47. The number of aromatic nitrogens is 2. The standard InChI is InChI=1S/C19H21Cl2N5O2/c1-11-8-12(2)23-19(22-11)25-24-17(27)14-4-3-7-26(10-14)18(28)13-5-6-15(20)16(21)9-13/h5-6,8-9,14H,3-4,7,10H2,1-2H3,(H,24,27)(H,22,23,25). The molecule has 1 aromatic carbocycles. The first-order chi connectivity index (χ1) is 13.3. The molecule has 2 heterocycles. The molecule has 9 heteroatoms. The molecule has 7 nitrogen and oxygen atoms in total. The van der Waals surface area contributed by atoms with Crippen molar-refractivity contribution in [3.63, 3.8) is 0 Å². The van der Waals surface area contributed by atoms with Crippen molar-refractivity contribution in [2.45, 2.75) is 26.7 Å². The Labute approximate surface area is 173 Å². The third kappa shape index (κ3) is 4.91. The number of aryl methyl sites for hydroxylation is 2. The van der Waals surface area contributed by atoms with Gasteiger partial charge in [0.25, 0.3) is 5.91 Å². The number of rotatable bonds is 4. The Bertz CT molecular complexity index is 886. The van der Waals surface area contributed by atoms with Crippen LogP contribution in [0.25, 0.3) is 0 Å². The summed E-state index contributed by atoms with van der Waals surface area (Å²) in [6.07, 6.45) is 1.44. The number of hydrogen-bond acceptors (Lipinski definition) is 5. The van der Waals surface area contributed by atoms with Gasteiger partial charge in [-0.15, -0.1) is 0 Å². The summed E-state index contributed by atoms with van der Waals surface area (Å²) in [4.78, 5) is 35.4. The van der Waals surface area contributed by atoms with Crippen LogP contribution in [0.3, 0.4) is 0 Å². The zero-order valence-electron chi connectivity index (χ0n) is 15.6. The van der Waals surface area contributed by atoms with E-state index < -0.39 is 0 Å². The van der Waals surface area contributed by atoms with E-state index in [9.17, 15) is 9.59 Å². The summed E-state index contributed by atoms with van der Waals surface area (Å²) in [5.74, 6) is -0.347. The predicted molar refractivity (Wildman–Crippen MR) is 108 cm³/mol. The lowest BCUT2D eigenvalue weighted by molar-refractivity contribution is -0.125. The van der Waals surface area contributed by atoms with Crippen molar-refractivity contribution in [2.24, 2.45) is 5.92 Å². The maximum absolute atomic E-state index is 12.7. The summed E-state index contributed by atoms with van der Waals surface area (Å²) in [5, 5.41) is 0.727.